The summed E-state index contributed by atoms with van der Waals surface area (Å²) in [5.74, 6) is 1.27. The molecule has 1 aromatic rings. The van der Waals surface area contributed by atoms with Gasteiger partial charge in [-0.25, -0.2) is 0 Å². The van der Waals surface area contributed by atoms with E-state index in [1.165, 1.54) is 22.9 Å². The van der Waals surface area contributed by atoms with Crippen LogP contribution < -0.4 is 4.68 Å². The van der Waals surface area contributed by atoms with Gasteiger partial charge < -0.3 is 0 Å². The normalized spacial score (nSPS) is 18.0. The molecular formula is C6H9N2S2+. The van der Waals surface area contributed by atoms with Gasteiger partial charge in [-0.2, -0.15) is 0 Å². The van der Waals surface area contributed by atoms with Crippen LogP contribution in [0.2, 0.25) is 0 Å². The van der Waals surface area contributed by atoms with Crippen LogP contribution in [0.1, 0.15) is 12.8 Å². The number of rotatable bonds is 0. The Balaban J connectivity index is 2.28. The lowest BCUT2D eigenvalue weighted by Crippen LogP contribution is -2.36. The first kappa shape index (κ1) is 6.61. The highest BCUT2D eigenvalue weighted by Crippen LogP contribution is 2.21. The van der Waals surface area contributed by atoms with Crippen molar-refractivity contribution in [3.05, 3.63) is 5.51 Å². The van der Waals surface area contributed by atoms with Gasteiger partial charge in [0.05, 0.1) is 0 Å². The van der Waals surface area contributed by atoms with E-state index in [0.717, 1.165) is 6.54 Å². The Morgan fingerprint density at radius 2 is 2.50 bits per heavy atom. The molecule has 2 heterocycles. The van der Waals surface area contributed by atoms with Crippen molar-refractivity contribution >= 4 is 23.1 Å². The van der Waals surface area contributed by atoms with Gasteiger partial charge in [0.15, 0.2) is 12.1 Å². The van der Waals surface area contributed by atoms with Crippen LogP contribution in [0, 0.1) is 0 Å². The van der Waals surface area contributed by atoms with E-state index in [0.29, 0.717) is 0 Å². The van der Waals surface area contributed by atoms with Crippen LogP contribution in [-0.4, -0.2) is 10.9 Å². The first-order valence-corrected chi connectivity index (χ1v) is 5.30. The summed E-state index contributed by atoms with van der Waals surface area (Å²) in [6, 6.07) is 0. The van der Waals surface area contributed by atoms with Crippen molar-refractivity contribution < 1.29 is 4.68 Å². The van der Waals surface area contributed by atoms with Crippen molar-refractivity contribution in [2.45, 2.75) is 23.7 Å². The molecule has 0 aromatic carbocycles. The van der Waals surface area contributed by atoms with E-state index >= 15 is 0 Å². The van der Waals surface area contributed by atoms with Crippen molar-refractivity contribution in [2.24, 2.45) is 0 Å². The molecule has 1 aliphatic heterocycles. The maximum absolute atomic E-state index is 4.23. The average Bonchev–Trinajstić information content (AvgIpc) is 2.28. The minimum absolute atomic E-state index is 1.12. The van der Waals surface area contributed by atoms with Crippen molar-refractivity contribution in [1.82, 2.24) is 5.10 Å². The van der Waals surface area contributed by atoms with E-state index in [2.05, 4.69) is 9.78 Å². The summed E-state index contributed by atoms with van der Waals surface area (Å²) < 4.78 is 3.49. The second-order valence-corrected chi connectivity index (χ2v) is 4.46. The molecule has 2 rings (SSSR count). The molecule has 0 saturated heterocycles. The number of aromatic nitrogens is 2. The summed E-state index contributed by atoms with van der Waals surface area (Å²) in [7, 11) is 0. The van der Waals surface area contributed by atoms with Gasteiger partial charge in [-0.1, -0.05) is 4.68 Å². The third-order valence-corrected chi connectivity index (χ3v) is 3.75. The molecule has 0 atom stereocenters. The molecule has 0 amide bonds. The standard InChI is InChI=1S/C6H9N2S2/c1-2-4-9-6-8(3-1)7-5-10-6/h5H,1-4H2/q+1. The van der Waals surface area contributed by atoms with Crippen LogP contribution in [0.15, 0.2) is 9.85 Å². The zero-order valence-corrected chi connectivity index (χ0v) is 7.25. The van der Waals surface area contributed by atoms with E-state index in [9.17, 15) is 0 Å². The molecular weight excluding hydrogens is 164 g/mol. The Labute approximate surface area is 68.3 Å². The third kappa shape index (κ3) is 1.18. The maximum Gasteiger partial charge on any atom is 0.324 e. The first-order chi connectivity index (χ1) is 4.97. The zero-order chi connectivity index (χ0) is 6.81. The lowest BCUT2D eigenvalue weighted by Gasteiger charge is -1.82. The summed E-state index contributed by atoms with van der Waals surface area (Å²) in [5.41, 5.74) is 1.92. The highest BCUT2D eigenvalue weighted by atomic mass is 32.2. The Morgan fingerprint density at radius 3 is 3.50 bits per heavy atom. The molecule has 1 aromatic heterocycles. The van der Waals surface area contributed by atoms with Crippen molar-refractivity contribution in [3.8, 4) is 0 Å². The van der Waals surface area contributed by atoms with E-state index in [1.54, 1.807) is 11.3 Å². The Kier molecular flexibility index (Phi) is 1.90. The molecule has 1 aliphatic rings. The predicted molar refractivity (Wildman–Crippen MR) is 42.3 cm³/mol. The second-order valence-electron chi connectivity index (χ2n) is 2.28. The molecule has 0 spiro atoms. The molecule has 0 unspecified atom stereocenters. The fraction of sp³-hybridized carbons (Fsp3) is 0.667. The van der Waals surface area contributed by atoms with Crippen LogP contribution in [0.25, 0.3) is 0 Å². The van der Waals surface area contributed by atoms with Crippen LogP contribution in [0.3, 0.4) is 0 Å². The minimum atomic E-state index is 1.12. The molecule has 0 radical (unpaired) electrons. The van der Waals surface area contributed by atoms with E-state index in [4.69, 9.17) is 0 Å². The van der Waals surface area contributed by atoms with Crippen LogP contribution >= 0.6 is 23.1 Å². The highest BCUT2D eigenvalue weighted by molar-refractivity contribution is 8.00. The topological polar surface area (TPSA) is 16.8 Å². The molecule has 0 bridgehead atoms. The Hall–Kier alpha value is -0.0900. The van der Waals surface area contributed by atoms with Gasteiger partial charge in [-0.15, -0.1) is 0 Å². The average molecular weight is 173 g/mol. The molecule has 2 nitrogen and oxygen atoms in total. The predicted octanol–water partition coefficient (Wildman–Crippen LogP) is 1.32. The molecule has 10 heavy (non-hydrogen) atoms. The van der Waals surface area contributed by atoms with Gasteiger partial charge in [0.25, 0.3) is 0 Å². The van der Waals surface area contributed by atoms with Crippen molar-refractivity contribution in [3.63, 3.8) is 0 Å². The largest absolute Gasteiger partial charge is 0.324 e. The van der Waals surface area contributed by atoms with Crippen LogP contribution in [0.4, 0.5) is 0 Å². The number of fused-ring (bicyclic) bond motifs is 1. The maximum atomic E-state index is 4.23. The number of hydrogen-bond donors (Lipinski definition) is 0. The Bertz CT molecular complexity index is 201. The summed E-state index contributed by atoms with van der Waals surface area (Å²) in [6.45, 7) is 1.12. The highest BCUT2D eigenvalue weighted by Gasteiger charge is 2.17. The molecule has 0 saturated carbocycles. The van der Waals surface area contributed by atoms with Crippen LogP contribution in [-0.2, 0) is 6.54 Å². The summed E-state index contributed by atoms with van der Waals surface area (Å²) >= 11 is 3.69. The van der Waals surface area contributed by atoms with Crippen LogP contribution in [0.5, 0.6) is 0 Å². The minimum Gasteiger partial charge on any atom is -0.0670 e. The molecule has 54 valence electrons. The van der Waals surface area contributed by atoms with Gasteiger partial charge in [0, 0.05) is 17.3 Å². The fourth-order valence-corrected chi connectivity index (χ4v) is 2.99. The van der Waals surface area contributed by atoms with E-state index in [-0.39, 0.29) is 0 Å². The number of hydrogen-bond acceptors (Lipinski definition) is 3. The number of thioether (sulfide) groups is 1. The fourth-order valence-electron chi connectivity index (χ4n) is 1.01. The van der Waals surface area contributed by atoms with E-state index in [1.807, 2.05) is 17.3 Å². The van der Waals surface area contributed by atoms with Gasteiger partial charge in [0.2, 0.25) is 0 Å². The molecule has 0 aliphatic carbocycles. The quantitative estimate of drug-likeness (QED) is 0.550. The number of aryl methyl sites for hydroxylation is 1. The summed E-state index contributed by atoms with van der Waals surface area (Å²) in [5, 5.41) is 4.23. The lowest BCUT2D eigenvalue weighted by molar-refractivity contribution is -0.780. The van der Waals surface area contributed by atoms with Gasteiger partial charge in [-0.3, -0.25) is 0 Å². The van der Waals surface area contributed by atoms with E-state index < -0.39 is 0 Å². The number of nitrogens with zero attached hydrogens (tertiary/aromatic N) is 2. The smallest absolute Gasteiger partial charge is 0.0670 e. The lowest BCUT2D eigenvalue weighted by atomic mass is 10.3. The third-order valence-electron chi connectivity index (χ3n) is 1.54. The Morgan fingerprint density at radius 1 is 1.50 bits per heavy atom. The molecule has 0 N–H and O–H groups in total. The first-order valence-electron chi connectivity index (χ1n) is 3.43. The summed E-state index contributed by atoms with van der Waals surface area (Å²) in [4.78, 5) is 0. The zero-order valence-electron chi connectivity index (χ0n) is 5.62. The molecule has 0 fully saturated rings. The second kappa shape index (κ2) is 2.88. The SMILES string of the molecule is c1n[n+]2c(s1)SCCCC2. The summed E-state index contributed by atoms with van der Waals surface area (Å²) in [6.07, 6.45) is 2.62. The van der Waals surface area contributed by atoms with Crippen molar-refractivity contribution in [1.29, 1.82) is 0 Å². The van der Waals surface area contributed by atoms with Gasteiger partial charge in [0.1, 0.15) is 0 Å². The monoisotopic (exact) mass is 173 g/mol. The van der Waals surface area contributed by atoms with Gasteiger partial charge >= 0.3 is 4.34 Å². The van der Waals surface area contributed by atoms with Gasteiger partial charge in [-0.05, 0) is 29.5 Å². The molecule has 4 heteroatoms. The van der Waals surface area contributed by atoms with Crippen molar-refractivity contribution in [2.75, 3.05) is 5.75 Å².